The van der Waals surface area contributed by atoms with E-state index in [1.54, 1.807) is 38.5 Å². The maximum Gasteiger partial charge on any atom is 0.255 e. The standard InChI is InChI=1S/C28H27N3O8/c1-31(2)22-16-10-12-9-15-14(18(33)11-13-5-3-4-8-30-13)6-7-17(32)20(15)23(34)19(12)25(36)28(16,39)26(37)21(24(22)35)27(29)38/h3-8,12,16,22,32,35-36,39H,9-11H2,1-2H3,(H2,29,38)/t12-,16-,22-,28+/m1/s1. The highest BCUT2D eigenvalue weighted by Gasteiger charge is 2.63. The first-order valence-corrected chi connectivity index (χ1v) is 12.3. The second kappa shape index (κ2) is 9.14. The number of phenols is 1. The van der Waals surface area contributed by atoms with Crippen LogP contribution in [0.4, 0.5) is 0 Å². The van der Waals surface area contributed by atoms with E-state index in [-0.39, 0.29) is 47.3 Å². The summed E-state index contributed by atoms with van der Waals surface area (Å²) in [6.07, 6.45) is 1.49. The van der Waals surface area contributed by atoms with Crippen LogP contribution in [0.2, 0.25) is 0 Å². The first-order valence-electron chi connectivity index (χ1n) is 12.3. The molecule has 1 amide bonds. The fourth-order valence-electron chi connectivity index (χ4n) is 6.27. The number of nitrogens with zero attached hydrogens (tertiary/aromatic N) is 2. The summed E-state index contributed by atoms with van der Waals surface area (Å²) in [4.78, 5) is 58.1. The zero-order chi connectivity index (χ0) is 28.4. The van der Waals surface area contributed by atoms with Crippen LogP contribution in [0.3, 0.4) is 0 Å². The molecule has 0 fully saturated rings. The van der Waals surface area contributed by atoms with E-state index in [4.69, 9.17) is 5.73 Å². The number of benzene rings is 1. The van der Waals surface area contributed by atoms with E-state index in [0.29, 0.717) is 5.69 Å². The molecule has 1 aromatic carbocycles. The fourth-order valence-corrected chi connectivity index (χ4v) is 6.27. The Kier molecular flexibility index (Phi) is 6.15. The van der Waals surface area contributed by atoms with Crippen LogP contribution in [-0.4, -0.2) is 79.3 Å². The number of Topliss-reactive ketones (excluding diaryl/α,β-unsaturated/α-hetero) is 3. The Balaban J connectivity index is 1.65. The maximum absolute atomic E-state index is 13.7. The van der Waals surface area contributed by atoms with E-state index >= 15 is 0 Å². The Morgan fingerprint density at radius 2 is 1.85 bits per heavy atom. The number of fused-ring (bicyclic) bond motifs is 3. The molecule has 0 saturated heterocycles. The second-order valence-electron chi connectivity index (χ2n) is 10.4. The topological polar surface area (TPSA) is 191 Å². The molecule has 0 saturated carbocycles. The van der Waals surface area contributed by atoms with Crippen molar-refractivity contribution >= 4 is 23.3 Å². The molecule has 0 bridgehead atoms. The summed E-state index contributed by atoms with van der Waals surface area (Å²) in [5, 5.41) is 44.4. The molecule has 0 spiro atoms. The monoisotopic (exact) mass is 533 g/mol. The van der Waals surface area contributed by atoms with Crippen molar-refractivity contribution in [2.45, 2.75) is 30.9 Å². The van der Waals surface area contributed by atoms with Crippen LogP contribution in [0.25, 0.3) is 0 Å². The number of carbonyl (C=O) groups is 4. The van der Waals surface area contributed by atoms with Gasteiger partial charge in [-0.05, 0) is 62.7 Å². The number of pyridine rings is 1. The second-order valence-corrected chi connectivity index (χ2v) is 10.4. The normalized spacial score (nSPS) is 26.3. The zero-order valence-corrected chi connectivity index (χ0v) is 21.2. The third-order valence-electron chi connectivity index (χ3n) is 7.97. The summed E-state index contributed by atoms with van der Waals surface area (Å²) < 4.78 is 0. The number of allylic oxidation sites excluding steroid dienone is 1. The van der Waals surface area contributed by atoms with E-state index in [1.165, 1.54) is 17.0 Å². The highest BCUT2D eigenvalue weighted by atomic mass is 16.3. The van der Waals surface area contributed by atoms with Crippen molar-refractivity contribution in [1.82, 2.24) is 9.88 Å². The molecule has 11 nitrogen and oxygen atoms in total. The number of carbonyl (C=O) groups excluding carboxylic acids is 4. The number of hydrogen-bond donors (Lipinski definition) is 5. The molecule has 0 radical (unpaired) electrons. The number of aliphatic hydroxyl groups excluding tert-OH is 2. The van der Waals surface area contributed by atoms with Crippen LogP contribution in [0.15, 0.2) is 59.2 Å². The molecule has 3 aliphatic rings. The summed E-state index contributed by atoms with van der Waals surface area (Å²) in [7, 11) is 3.11. The summed E-state index contributed by atoms with van der Waals surface area (Å²) in [6.45, 7) is 0. The minimum Gasteiger partial charge on any atom is -0.510 e. The lowest BCUT2D eigenvalue weighted by Gasteiger charge is -2.50. The largest absolute Gasteiger partial charge is 0.510 e. The number of rotatable bonds is 5. The molecule has 11 heteroatoms. The van der Waals surface area contributed by atoms with Gasteiger partial charge in [-0.1, -0.05) is 6.07 Å². The van der Waals surface area contributed by atoms with E-state index in [2.05, 4.69) is 4.98 Å². The van der Waals surface area contributed by atoms with Crippen molar-refractivity contribution in [3.63, 3.8) is 0 Å². The van der Waals surface area contributed by atoms with E-state index in [1.807, 2.05) is 0 Å². The van der Waals surface area contributed by atoms with Crippen molar-refractivity contribution in [3.8, 4) is 5.75 Å². The molecular formula is C28H27N3O8. The number of aromatic hydroxyl groups is 1. The molecule has 1 heterocycles. The molecular weight excluding hydrogens is 506 g/mol. The number of nitrogens with two attached hydrogens (primary N) is 1. The third-order valence-corrected chi connectivity index (χ3v) is 7.97. The third kappa shape index (κ3) is 3.76. The number of aliphatic hydroxyl groups is 3. The Bertz CT molecular complexity index is 1510. The molecule has 0 unspecified atom stereocenters. The number of amides is 1. The minimum absolute atomic E-state index is 0.0340. The van der Waals surface area contributed by atoms with Crippen LogP contribution in [0.5, 0.6) is 5.75 Å². The van der Waals surface area contributed by atoms with Gasteiger partial charge in [0.1, 0.15) is 22.8 Å². The van der Waals surface area contributed by atoms with Crippen molar-refractivity contribution in [1.29, 1.82) is 0 Å². The Morgan fingerprint density at radius 3 is 2.46 bits per heavy atom. The SMILES string of the molecule is CN(C)[C@H]1C(O)=C(C(N)=O)C(=O)[C@@]2(O)C(O)=C3C(=O)c4c(O)ccc(C(=O)Cc5ccccn5)c4C[C@@H]3C[C@H]12. The number of ketones is 3. The molecule has 1 aromatic heterocycles. The Hall–Kier alpha value is -4.35. The quantitative estimate of drug-likeness (QED) is 0.273. The Labute approximate surface area is 222 Å². The predicted octanol–water partition coefficient (Wildman–Crippen LogP) is 0.941. The fraction of sp³-hybridized carbons (Fsp3) is 0.321. The van der Waals surface area contributed by atoms with E-state index in [9.17, 15) is 39.6 Å². The molecule has 5 rings (SSSR count). The van der Waals surface area contributed by atoms with Crippen LogP contribution in [0, 0.1) is 11.8 Å². The van der Waals surface area contributed by atoms with Gasteiger partial charge in [-0.3, -0.25) is 29.1 Å². The summed E-state index contributed by atoms with van der Waals surface area (Å²) in [5.74, 6) is -7.69. The van der Waals surface area contributed by atoms with E-state index in [0.717, 1.165) is 0 Å². The average molecular weight is 534 g/mol. The summed E-state index contributed by atoms with van der Waals surface area (Å²) in [6, 6.07) is 6.70. The van der Waals surface area contributed by atoms with Gasteiger partial charge in [0.15, 0.2) is 17.2 Å². The number of likely N-dealkylation sites (N-methyl/N-ethyl adjacent to an activating group) is 1. The molecule has 4 atom stereocenters. The van der Waals surface area contributed by atoms with Crippen molar-refractivity contribution in [2.75, 3.05) is 14.1 Å². The van der Waals surface area contributed by atoms with Gasteiger partial charge in [0.2, 0.25) is 5.78 Å². The number of phenolic OH excluding ortho intramolecular Hbond substituents is 1. The van der Waals surface area contributed by atoms with Crippen LogP contribution in [0.1, 0.15) is 38.4 Å². The lowest BCUT2D eigenvalue weighted by Crippen LogP contribution is -2.63. The van der Waals surface area contributed by atoms with Gasteiger partial charge in [0.05, 0.1) is 18.0 Å². The highest BCUT2D eigenvalue weighted by molar-refractivity contribution is 6.25. The molecule has 0 aliphatic heterocycles. The van der Waals surface area contributed by atoms with E-state index < -0.39 is 63.8 Å². The predicted molar refractivity (Wildman–Crippen MR) is 136 cm³/mol. The Morgan fingerprint density at radius 1 is 1.13 bits per heavy atom. The lowest BCUT2D eigenvalue weighted by molar-refractivity contribution is -0.148. The molecule has 3 aliphatic carbocycles. The van der Waals surface area contributed by atoms with Crippen molar-refractivity contribution < 1.29 is 39.6 Å². The smallest absolute Gasteiger partial charge is 0.255 e. The van der Waals surface area contributed by atoms with Crippen LogP contribution < -0.4 is 5.73 Å². The minimum atomic E-state index is -2.72. The van der Waals surface area contributed by atoms with Gasteiger partial charge in [-0.2, -0.15) is 0 Å². The maximum atomic E-state index is 13.7. The van der Waals surface area contributed by atoms with Crippen molar-refractivity contribution in [3.05, 3.63) is 81.6 Å². The van der Waals surface area contributed by atoms with Crippen molar-refractivity contribution in [2.24, 2.45) is 17.6 Å². The van der Waals surface area contributed by atoms with Crippen LogP contribution >= 0.6 is 0 Å². The molecule has 39 heavy (non-hydrogen) atoms. The molecule has 6 N–H and O–H groups in total. The van der Waals surface area contributed by atoms with Gasteiger partial charge in [-0.25, -0.2) is 0 Å². The number of aromatic nitrogens is 1. The first-order chi connectivity index (χ1) is 18.4. The zero-order valence-electron chi connectivity index (χ0n) is 21.2. The number of hydrogen-bond acceptors (Lipinski definition) is 10. The molecule has 2 aromatic rings. The average Bonchev–Trinajstić information content (AvgIpc) is 2.86. The summed E-state index contributed by atoms with van der Waals surface area (Å²) in [5.41, 5.74) is 2.29. The van der Waals surface area contributed by atoms with Gasteiger partial charge in [0, 0.05) is 28.9 Å². The molecule has 202 valence electrons. The summed E-state index contributed by atoms with van der Waals surface area (Å²) >= 11 is 0. The lowest BCUT2D eigenvalue weighted by atomic mass is 9.58. The van der Waals surface area contributed by atoms with Gasteiger partial charge >= 0.3 is 0 Å². The highest BCUT2D eigenvalue weighted by Crippen LogP contribution is 2.52. The number of primary amides is 1. The first kappa shape index (κ1) is 26.3. The van der Waals surface area contributed by atoms with Gasteiger partial charge in [0.25, 0.3) is 5.91 Å². The van der Waals surface area contributed by atoms with Gasteiger partial charge < -0.3 is 26.2 Å². The van der Waals surface area contributed by atoms with Gasteiger partial charge in [-0.15, -0.1) is 0 Å². The van der Waals surface area contributed by atoms with Crippen LogP contribution in [-0.2, 0) is 22.4 Å².